The number of benzene rings is 2. The van der Waals surface area contributed by atoms with Gasteiger partial charge in [-0.15, -0.1) is 11.3 Å². The highest BCUT2D eigenvalue weighted by atomic mass is 32.1. The van der Waals surface area contributed by atoms with Crippen molar-refractivity contribution >= 4 is 21.6 Å². The number of fused-ring (bicyclic) bond motifs is 2. The highest BCUT2D eigenvalue weighted by Gasteiger charge is 2.35. The van der Waals surface area contributed by atoms with Gasteiger partial charge in [0.05, 0.1) is 40.0 Å². The fraction of sp³-hybridized carbons (Fsp3) is 0.538. The molecule has 0 radical (unpaired) electrons. The lowest BCUT2D eigenvalue weighted by molar-refractivity contribution is 0.0594. The van der Waals surface area contributed by atoms with E-state index in [-0.39, 0.29) is 0 Å². The van der Waals surface area contributed by atoms with Crippen molar-refractivity contribution in [3.8, 4) is 16.3 Å². The Balaban J connectivity index is 1.88. The molecule has 31 heavy (non-hydrogen) atoms. The standard InChI is InChI=1S/C26H36N3OS/c1-9-20-14-28(13-16(4)29(20)15(2)3)21-10-11-22-23(12-21)31-26-19(7)25(30-8)18(6)17(5)24(26)27-22/h10-12,15-16,20H,9,13-14H2,1-8H3/q+1. The summed E-state index contributed by atoms with van der Waals surface area (Å²) < 4.78 is 9.53. The van der Waals surface area contributed by atoms with Crippen LogP contribution in [0.15, 0.2) is 18.2 Å². The normalized spacial score (nSPS) is 22.0. The molecule has 0 saturated carbocycles. The van der Waals surface area contributed by atoms with Crippen molar-refractivity contribution in [1.29, 1.82) is 0 Å². The summed E-state index contributed by atoms with van der Waals surface area (Å²) in [4.78, 5) is 9.00. The van der Waals surface area contributed by atoms with Gasteiger partial charge in [0.2, 0.25) is 5.36 Å². The summed E-state index contributed by atoms with van der Waals surface area (Å²) in [5.41, 5.74) is 5.77. The Kier molecular flexibility index (Phi) is 6.10. The number of hydrogen-bond donors (Lipinski definition) is 0. The fourth-order valence-corrected chi connectivity index (χ4v) is 6.59. The van der Waals surface area contributed by atoms with Crippen LogP contribution >= 0.6 is 11.3 Å². The molecule has 166 valence electrons. The first-order valence-electron chi connectivity index (χ1n) is 11.5. The number of methoxy groups -OCH3 is 1. The zero-order valence-electron chi connectivity index (χ0n) is 20.2. The van der Waals surface area contributed by atoms with E-state index in [1.165, 1.54) is 38.0 Å². The first-order chi connectivity index (χ1) is 14.8. The molecule has 0 spiro atoms. The number of ether oxygens (including phenoxy) is 1. The van der Waals surface area contributed by atoms with Crippen LogP contribution in [0.1, 0.15) is 50.8 Å². The monoisotopic (exact) mass is 438 g/mol. The van der Waals surface area contributed by atoms with Gasteiger partial charge in [-0.3, -0.25) is 4.90 Å². The third-order valence-electron chi connectivity index (χ3n) is 7.03. The maximum absolute atomic E-state index is 5.73. The van der Waals surface area contributed by atoms with Crippen molar-refractivity contribution in [2.75, 3.05) is 20.2 Å². The van der Waals surface area contributed by atoms with Crippen LogP contribution in [0.3, 0.4) is 0 Å². The summed E-state index contributed by atoms with van der Waals surface area (Å²) in [6, 6.07) is 8.53. The van der Waals surface area contributed by atoms with Crippen LogP contribution in [-0.2, 0) is 0 Å². The Morgan fingerprint density at radius 1 is 1.16 bits per heavy atom. The second-order valence-electron chi connectivity index (χ2n) is 9.31. The van der Waals surface area contributed by atoms with Gasteiger partial charge in [0, 0.05) is 23.7 Å². The maximum Gasteiger partial charge on any atom is 0.201 e. The largest absolute Gasteiger partial charge is 0.496 e. The van der Waals surface area contributed by atoms with E-state index >= 15 is 0 Å². The van der Waals surface area contributed by atoms with E-state index in [1.807, 2.05) is 11.3 Å². The average Bonchev–Trinajstić information content (AvgIpc) is 2.75. The molecule has 0 amide bonds. The summed E-state index contributed by atoms with van der Waals surface area (Å²) in [6.45, 7) is 17.9. The van der Waals surface area contributed by atoms with Crippen LogP contribution in [0.5, 0.6) is 5.75 Å². The number of aryl methyl sites for hydroxylation is 2. The summed E-state index contributed by atoms with van der Waals surface area (Å²) >= 11 is 1.84. The Morgan fingerprint density at radius 3 is 2.55 bits per heavy atom. The van der Waals surface area contributed by atoms with Gasteiger partial charge in [-0.05, 0) is 65.2 Å². The molecule has 1 aromatic carbocycles. The third-order valence-corrected chi connectivity index (χ3v) is 8.28. The van der Waals surface area contributed by atoms with Gasteiger partial charge in [-0.2, -0.15) is 0 Å². The van der Waals surface area contributed by atoms with E-state index in [1.54, 1.807) is 7.11 Å². The number of aromatic nitrogens is 1. The fourth-order valence-electron chi connectivity index (χ4n) is 5.43. The molecule has 0 aromatic heterocycles. The number of piperazine rings is 1. The summed E-state index contributed by atoms with van der Waals surface area (Å²) in [5, 5.41) is 1.31. The molecule has 1 fully saturated rings. The van der Waals surface area contributed by atoms with Crippen molar-refractivity contribution in [3.05, 3.63) is 40.2 Å². The molecule has 3 aliphatic rings. The van der Waals surface area contributed by atoms with Crippen LogP contribution in [0.25, 0.3) is 20.8 Å². The van der Waals surface area contributed by atoms with Gasteiger partial charge >= 0.3 is 0 Å². The van der Waals surface area contributed by atoms with Crippen LogP contribution in [0.2, 0.25) is 0 Å². The molecule has 5 heteroatoms. The lowest BCUT2D eigenvalue weighted by atomic mass is 10.0. The van der Waals surface area contributed by atoms with E-state index in [2.05, 4.69) is 76.1 Å². The van der Waals surface area contributed by atoms with Crippen molar-refractivity contribution in [3.63, 3.8) is 0 Å². The zero-order valence-corrected chi connectivity index (χ0v) is 21.1. The van der Waals surface area contributed by atoms with E-state index in [0.29, 0.717) is 18.1 Å². The maximum atomic E-state index is 5.73. The SMILES string of the molecule is CCC1C[N+](=c2ccc3nc4c(C)c(C)c(OC)c(C)c4sc-3c2)CC(C)N1C(C)C. The van der Waals surface area contributed by atoms with Gasteiger partial charge in [-0.25, -0.2) is 9.56 Å². The molecule has 1 aromatic rings. The lowest BCUT2D eigenvalue weighted by Crippen LogP contribution is -2.60. The highest BCUT2D eigenvalue weighted by molar-refractivity contribution is 7.21. The third kappa shape index (κ3) is 3.76. The summed E-state index contributed by atoms with van der Waals surface area (Å²) in [5.74, 6) is 0.989. The van der Waals surface area contributed by atoms with Crippen molar-refractivity contribution < 1.29 is 4.74 Å². The Hall–Kier alpha value is -1.98. The topological polar surface area (TPSA) is 28.4 Å². The average molecular weight is 439 g/mol. The lowest BCUT2D eigenvalue weighted by Gasteiger charge is -2.41. The zero-order chi connectivity index (χ0) is 22.4. The van der Waals surface area contributed by atoms with Gasteiger partial charge in [0.15, 0.2) is 13.1 Å². The first-order valence-corrected chi connectivity index (χ1v) is 12.3. The van der Waals surface area contributed by atoms with E-state index < -0.39 is 0 Å². The predicted molar refractivity (Wildman–Crippen MR) is 133 cm³/mol. The second-order valence-corrected chi connectivity index (χ2v) is 10.4. The number of rotatable bonds is 3. The van der Waals surface area contributed by atoms with Crippen LogP contribution in [0, 0.1) is 20.8 Å². The summed E-state index contributed by atoms with van der Waals surface area (Å²) in [7, 11) is 1.76. The smallest absolute Gasteiger partial charge is 0.201 e. The van der Waals surface area contributed by atoms with Gasteiger partial charge in [0.1, 0.15) is 5.75 Å². The molecular formula is C26H36N3OS+. The minimum atomic E-state index is 0.546. The van der Waals surface area contributed by atoms with Crippen molar-refractivity contribution in [1.82, 2.24) is 14.5 Å². The molecule has 4 rings (SSSR count). The van der Waals surface area contributed by atoms with Gasteiger partial charge in [-0.1, -0.05) is 6.92 Å². The molecule has 0 N–H and O–H groups in total. The van der Waals surface area contributed by atoms with E-state index in [0.717, 1.165) is 30.0 Å². The van der Waals surface area contributed by atoms with Crippen molar-refractivity contribution in [2.45, 2.75) is 73.0 Å². The Morgan fingerprint density at radius 2 is 1.90 bits per heavy atom. The molecule has 1 saturated heterocycles. The number of hydrogen-bond acceptors (Lipinski definition) is 4. The van der Waals surface area contributed by atoms with Gasteiger partial charge < -0.3 is 4.74 Å². The molecule has 0 bridgehead atoms. The number of nitrogens with zero attached hydrogens (tertiary/aromatic N) is 3. The first kappa shape index (κ1) is 22.2. The Bertz CT molecular complexity index is 1160. The van der Waals surface area contributed by atoms with Crippen LogP contribution in [-0.4, -0.2) is 48.2 Å². The minimum Gasteiger partial charge on any atom is -0.496 e. The van der Waals surface area contributed by atoms with Gasteiger partial charge in [0.25, 0.3) is 0 Å². The molecule has 2 heterocycles. The minimum absolute atomic E-state index is 0.546. The molecule has 2 atom stereocenters. The van der Waals surface area contributed by atoms with E-state index in [9.17, 15) is 0 Å². The molecule has 1 aliphatic carbocycles. The summed E-state index contributed by atoms with van der Waals surface area (Å²) in [6.07, 6.45) is 1.18. The van der Waals surface area contributed by atoms with Crippen LogP contribution in [0.4, 0.5) is 0 Å². The molecule has 4 nitrogen and oxygen atoms in total. The second kappa shape index (κ2) is 8.51. The quantitative estimate of drug-likeness (QED) is 0.426. The Labute approximate surface area is 190 Å². The van der Waals surface area contributed by atoms with Crippen LogP contribution < -0.4 is 14.7 Å². The van der Waals surface area contributed by atoms with E-state index in [4.69, 9.17) is 9.72 Å². The van der Waals surface area contributed by atoms with Crippen molar-refractivity contribution in [2.24, 2.45) is 0 Å². The molecular weight excluding hydrogens is 402 g/mol. The predicted octanol–water partition coefficient (Wildman–Crippen LogP) is 5.00. The molecule has 2 aliphatic heterocycles. The highest BCUT2D eigenvalue weighted by Crippen LogP contribution is 2.39. The molecule has 2 unspecified atom stereocenters.